The summed E-state index contributed by atoms with van der Waals surface area (Å²) in [6.07, 6.45) is -1.10. The Morgan fingerprint density at radius 3 is 2.29 bits per heavy atom. The lowest BCUT2D eigenvalue weighted by Crippen LogP contribution is -2.49. The average molecular weight is 435 g/mol. The Morgan fingerprint density at radius 1 is 1.03 bits per heavy atom. The molecule has 0 aliphatic heterocycles. The van der Waals surface area contributed by atoms with E-state index in [1.807, 2.05) is 30.3 Å². The molecule has 0 bridgehead atoms. The summed E-state index contributed by atoms with van der Waals surface area (Å²) >= 11 is 0. The van der Waals surface area contributed by atoms with Crippen molar-refractivity contribution in [3.63, 3.8) is 0 Å². The summed E-state index contributed by atoms with van der Waals surface area (Å²) in [4.78, 5) is 12.3. The summed E-state index contributed by atoms with van der Waals surface area (Å²) in [6.45, 7) is 6.64. The highest BCUT2D eigenvalue weighted by Crippen LogP contribution is 2.27. The molecule has 0 saturated heterocycles. The van der Waals surface area contributed by atoms with Gasteiger partial charge in [-0.3, -0.25) is 0 Å². The van der Waals surface area contributed by atoms with Crippen LogP contribution in [0.4, 0.5) is 13.6 Å². The second-order valence-electron chi connectivity index (χ2n) is 8.73. The Morgan fingerprint density at radius 2 is 1.68 bits per heavy atom. The number of rotatable bonds is 9. The summed E-state index contributed by atoms with van der Waals surface area (Å²) in [5.41, 5.74) is 0.934. The van der Waals surface area contributed by atoms with Crippen molar-refractivity contribution in [1.82, 2.24) is 10.6 Å². The molecule has 5 nitrogen and oxygen atoms in total. The topological polar surface area (TPSA) is 70.6 Å². The first kappa shape index (κ1) is 24.8. The predicted octanol–water partition coefficient (Wildman–Crippen LogP) is 4.38. The number of hydrogen-bond donors (Lipinski definition) is 3. The lowest BCUT2D eigenvalue weighted by molar-refractivity contribution is 0.0173. The van der Waals surface area contributed by atoms with E-state index in [0.29, 0.717) is 18.5 Å². The van der Waals surface area contributed by atoms with Crippen LogP contribution in [0.5, 0.6) is 0 Å². The minimum Gasteiger partial charge on any atom is -0.444 e. The third-order valence-corrected chi connectivity index (χ3v) is 4.58. The molecule has 2 aromatic carbocycles. The molecule has 0 spiro atoms. The van der Waals surface area contributed by atoms with Gasteiger partial charge in [-0.25, -0.2) is 13.6 Å². The maximum absolute atomic E-state index is 13.5. The quantitative estimate of drug-likeness (QED) is 0.548. The van der Waals surface area contributed by atoms with Gasteiger partial charge < -0.3 is 20.5 Å². The monoisotopic (exact) mass is 434 g/mol. The van der Waals surface area contributed by atoms with Gasteiger partial charge in [0.25, 0.3) is 5.92 Å². The van der Waals surface area contributed by atoms with Crippen LogP contribution in [0.1, 0.15) is 44.4 Å². The Hall–Kier alpha value is -2.51. The summed E-state index contributed by atoms with van der Waals surface area (Å²) in [5, 5.41) is 16.6. The largest absolute Gasteiger partial charge is 0.444 e. The number of hydrogen-bond acceptors (Lipinski definition) is 4. The summed E-state index contributed by atoms with van der Waals surface area (Å²) in [6, 6.07) is 15.1. The number of carbonyl (C=O) groups is 1. The van der Waals surface area contributed by atoms with Gasteiger partial charge in [0.05, 0.1) is 12.1 Å². The normalized spacial score (nSPS) is 14.0. The minimum atomic E-state index is -2.91. The molecule has 2 rings (SSSR count). The molecular weight excluding hydrogens is 402 g/mol. The van der Waals surface area contributed by atoms with Crippen molar-refractivity contribution in [2.45, 2.75) is 64.3 Å². The number of alkyl carbamates (subject to hydrolysis) is 1. The first-order chi connectivity index (χ1) is 14.4. The lowest BCUT2D eigenvalue weighted by atomic mass is 10.0. The molecule has 0 heterocycles. The number of carbonyl (C=O) groups excluding carboxylic acids is 1. The van der Waals surface area contributed by atoms with Crippen molar-refractivity contribution >= 4 is 6.09 Å². The van der Waals surface area contributed by atoms with Crippen LogP contribution in [0, 0.1) is 0 Å². The van der Waals surface area contributed by atoms with E-state index in [4.69, 9.17) is 4.74 Å². The standard InChI is InChI=1S/C24H32F2N2O3/c1-23(2,3)31-22(30)28-20(14-17-9-6-5-7-10-17)21(29)16-27-15-18-11-8-12-19(13-18)24(4,25)26/h5-13,20-21,27,29H,14-16H2,1-4H3,(H,28,30). The van der Waals surface area contributed by atoms with Crippen molar-refractivity contribution in [2.75, 3.05) is 6.54 Å². The molecule has 0 aliphatic rings. The van der Waals surface area contributed by atoms with Gasteiger partial charge in [0.15, 0.2) is 0 Å². The van der Waals surface area contributed by atoms with Crippen molar-refractivity contribution in [3.05, 3.63) is 71.3 Å². The highest BCUT2D eigenvalue weighted by molar-refractivity contribution is 5.68. The number of amides is 1. The molecular formula is C24H32F2N2O3. The van der Waals surface area contributed by atoms with Gasteiger partial charge in [-0.05, 0) is 44.4 Å². The van der Waals surface area contributed by atoms with Crippen LogP contribution >= 0.6 is 0 Å². The number of aliphatic hydroxyl groups excluding tert-OH is 1. The molecule has 2 atom stereocenters. The molecule has 0 radical (unpaired) electrons. The Bertz CT molecular complexity index is 833. The average Bonchev–Trinajstić information content (AvgIpc) is 2.66. The fourth-order valence-electron chi connectivity index (χ4n) is 3.07. The zero-order valence-electron chi connectivity index (χ0n) is 18.5. The molecule has 3 N–H and O–H groups in total. The van der Waals surface area contributed by atoms with Crippen molar-refractivity contribution in [2.24, 2.45) is 0 Å². The van der Waals surface area contributed by atoms with E-state index in [2.05, 4.69) is 10.6 Å². The first-order valence-corrected chi connectivity index (χ1v) is 10.3. The van der Waals surface area contributed by atoms with Gasteiger partial charge in [0.1, 0.15) is 5.60 Å². The predicted molar refractivity (Wildman–Crippen MR) is 117 cm³/mol. The van der Waals surface area contributed by atoms with Gasteiger partial charge in [-0.15, -0.1) is 0 Å². The number of alkyl halides is 2. The highest BCUT2D eigenvalue weighted by Gasteiger charge is 2.26. The molecule has 2 aromatic rings. The van der Waals surface area contributed by atoms with Gasteiger partial charge >= 0.3 is 6.09 Å². The molecule has 1 amide bonds. The highest BCUT2D eigenvalue weighted by atomic mass is 19.3. The van der Waals surface area contributed by atoms with E-state index >= 15 is 0 Å². The first-order valence-electron chi connectivity index (χ1n) is 10.3. The molecule has 7 heteroatoms. The van der Waals surface area contributed by atoms with Crippen LogP contribution in [0.15, 0.2) is 54.6 Å². The van der Waals surface area contributed by atoms with E-state index < -0.39 is 29.8 Å². The molecule has 31 heavy (non-hydrogen) atoms. The summed E-state index contributed by atoms with van der Waals surface area (Å²) in [7, 11) is 0. The van der Waals surface area contributed by atoms with Gasteiger partial charge in [0.2, 0.25) is 0 Å². The van der Waals surface area contributed by atoms with E-state index in [-0.39, 0.29) is 12.1 Å². The number of aliphatic hydroxyl groups is 1. The van der Waals surface area contributed by atoms with Crippen molar-refractivity contribution < 1.29 is 23.4 Å². The molecule has 0 aromatic heterocycles. The van der Waals surface area contributed by atoms with Gasteiger partial charge in [-0.2, -0.15) is 0 Å². The summed E-state index contributed by atoms with van der Waals surface area (Å²) < 4.78 is 32.4. The maximum Gasteiger partial charge on any atom is 0.407 e. The van der Waals surface area contributed by atoms with E-state index in [1.165, 1.54) is 12.1 Å². The number of nitrogens with one attached hydrogen (secondary N) is 2. The fraction of sp³-hybridized carbons (Fsp3) is 0.458. The van der Waals surface area contributed by atoms with Crippen LogP contribution in [0.25, 0.3) is 0 Å². The second kappa shape index (κ2) is 10.7. The van der Waals surface area contributed by atoms with E-state index in [9.17, 15) is 18.7 Å². The third kappa shape index (κ3) is 9.02. The van der Waals surface area contributed by atoms with E-state index in [1.54, 1.807) is 32.9 Å². The maximum atomic E-state index is 13.5. The summed E-state index contributed by atoms with van der Waals surface area (Å²) in [5.74, 6) is -2.91. The Labute approximate surface area is 182 Å². The third-order valence-electron chi connectivity index (χ3n) is 4.58. The molecule has 2 unspecified atom stereocenters. The zero-order chi connectivity index (χ0) is 23.1. The van der Waals surface area contributed by atoms with Crippen LogP contribution in [0.3, 0.4) is 0 Å². The van der Waals surface area contributed by atoms with Crippen LogP contribution < -0.4 is 10.6 Å². The molecule has 0 aliphatic carbocycles. The minimum absolute atomic E-state index is 0.0547. The lowest BCUT2D eigenvalue weighted by Gasteiger charge is -2.27. The van der Waals surface area contributed by atoms with Gasteiger partial charge in [0, 0.05) is 25.6 Å². The number of ether oxygens (including phenoxy) is 1. The molecule has 170 valence electrons. The fourth-order valence-corrected chi connectivity index (χ4v) is 3.07. The van der Waals surface area contributed by atoms with Crippen molar-refractivity contribution in [3.8, 4) is 0 Å². The number of halogens is 2. The van der Waals surface area contributed by atoms with Crippen LogP contribution in [-0.4, -0.2) is 35.5 Å². The van der Waals surface area contributed by atoms with Crippen LogP contribution in [-0.2, 0) is 23.6 Å². The molecule has 0 fully saturated rings. The van der Waals surface area contributed by atoms with Crippen molar-refractivity contribution in [1.29, 1.82) is 0 Å². The number of benzene rings is 2. The van der Waals surface area contributed by atoms with Gasteiger partial charge in [-0.1, -0.05) is 48.5 Å². The smallest absolute Gasteiger partial charge is 0.407 e. The Kier molecular flexibility index (Phi) is 8.53. The zero-order valence-corrected chi connectivity index (χ0v) is 18.5. The van der Waals surface area contributed by atoms with Crippen LogP contribution in [0.2, 0.25) is 0 Å². The Balaban J connectivity index is 1.99. The molecule has 0 saturated carbocycles. The van der Waals surface area contributed by atoms with E-state index in [0.717, 1.165) is 12.5 Å². The second-order valence-corrected chi connectivity index (χ2v) is 8.73. The SMILES string of the molecule is CC(C)(C)OC(=O)NC(Cc1ccccc1)C(O)CNCc1cccc(C(C)(F)F)c1.